The monoisotopic (exact) mass is 285 g/mol. The quantitative estimate of drug-likeness (QED) is 0.888. The van der Waals surface area contributed by atoms with Gasteiger partial charge in [-0.05, 0) is 42.9 Å². The van der Waals surface area contributed by atoms with Crippen molar-refractivity contribution in [3.8, 4) is 0 Å². The molecule has 1 amide bonds. The van der Waals surface area contributed by atoms with Gasteiger partial charge >= 0.3 is 0 Å². The van der Waals surface area contributed by atoms with Gasteiger partial charge in [0.25, 0.3) is 5.91 Å². The van der Waals surface area contributed by atoms with E-state index in [4.69, 9.17) is 5.73 Å². The van der Waals surface area contributed by atoms with Crippen molar-refractivity contribution in [3.63, 3.8) is 0 Å². The van der Waals surface area contributed by atoms with E-state index in [0.29, 0.717) is 18.8 Å². The van der Waals surface area contributed by atoms with Gasteiger partial charge in [-0.1, -0.05) is 17.3 Å². The van der Waals surface area contributed by atoms with Crippen molar-refractivity contribution < 1.29 is 4.79 Å². The fourth-order valence-electron chi connectivity index (χ4n) is 2.73. The van der Waals surface area contributed by atoms with E-state index in [2.05, 4.69) is 21.7 Å². The first-order valence-corrected chi connectivity index (χ1v) is 7.30. The molecule has 0 radical (unpaired) electrons. The van der Waals surface area contributed by atoms with Gasteiger partial charge in [-0.25, -0.2) is 0 Å². The van der Waals surface area contributed by atoms with Crippen LogP contribution in [0.2, 0.25) is 0 Å². The minimum absolute atomic E-state index is 0.225. The van der Waals surface area contributed by atoms with Crippen LogP contribution in [0.1, 0.15) is 34.5 Å². The molecule has 21 heavy (non-hydrogen) atoms. The van der Waals surface area contributed by atoms with E-state index < -0.39 is 0 Å². The van der Waals surface area contributed by atoms with Crippen molar-refractivity contribution in [2.75, 3.05) is 11.9 Å². The number of nitrogens with zero attached hydrogens (tertiary/aromatic N) is 3. The number of rotatable bonds is 4. The molecule has 1 aliphatic carbocycles. The summed E-state index contributed by atoms with van der Waals surface area (Å²) < 4.78 is 1.58. The lowest BCUT2D eigenvalue weighted by Gasteiger charge is -2.19. The smallest absolute Gasteiger partial charge is 0.277 e. The zero-order chi connectivity index (χ0) is 14.7. The summed E-state index contributed by atoms with van der Waals surface area (Å²) in [5.41, 5.74) is 9.26. The summed E-state index contributed by atoms with van der Waals surface area (Å²) in [4.78, 5) is 12.3. The largest absolute Gasteiger partial charge is 0.329 e. The Balaban J connectivity index is 1.78. The standard InChI is InChI=1S/C15H19N5O/c16-8-9-20-10-14(18-19-20)15(21)17-13-7-3-5-11-4-1-2-6-12(11)13/h3,5,7,10H,1-2,4,6,8-9,16H2,(H,17,21). The molecular formula is C15H19N5O. The number of hydrogen-bond acceptors (Lipinski definition) is 4. The predicted octanol–water partition coefficient (Wildman–Crippen LogP) is 1.37. The minimum Gasteiger partial charge on any atom is -0.329 e. The molecule has 0 fully saturated rings. The summed E-state index contributed by atoms with van der Waals surface area (Å²) in [6, 6.07) is 6.08. The van der Waals surface area contributed by atoms with Crippen LogP contribution in [0.25, 0.3) is 0 Å². The lowest BCUT2D eigenvalue weighted by atomic mass is 9.90. The molecule has 110 valence electrons. The molecule has 0 saturated carbocycles. The molecule has 2 aromatic rings. The summed E-state index contributed by atoms with van der Waals surface area (Å²) in [7, 11) is 0. The van der Waals surface area contributed by atoms with Crippen LogP contribution in [0.3, 0.4) is 0 Å². The number of carbonyl (C=O) groups is 1. The number of aryl methyl sites for hydroxylation is 1. The van der Waals surface area contributed by atoms with Crippen LogP contribution in [0.4, 0.5) is 5.69 Å². The summed E-state index contributed by atoms with van der Waals surface area (Å²) in [5, 5.41) is 10.7. The molecule has 1 aliphatic rings. The number of fused-ring (bicyclic) bond motifs is 1. The predicted molar refractivity (Wildman–Crippen MR) is 80.1 cm³/mol. The maximum atomic E-state index is 12.3. The molecule has 6 nitrogen and oxygen atoms in total. The first-order chi connectivity index (χ1) is 10.3. The molecule has 0 unspecified atom stereocenters. The molecule has 0 aliphatic heterocycles. The number of anilines is 1. The molecular weight excluding hydrogens is 266 g/mol. The second-order valence-corrected chi connectivity index (χ2v) is 5.26. The SMILES string of the molecule is NCCn1cc(C(=O)Nc2cccc3c2CCCC3)nn1. The summed E-state index contributed by atoms with van der Waals surface area (Å²) in [5.74, 6) is -0.225. The van der Waals surface area contributed by atoms with Crippen molar-refractivity contribution in [1.29, 1.82) is 0 Å². The molecule has 0 atom stereocenters. The highest BCUT2D eigenvalue weighted by molar-refractivity contribution is 6.03. The lowest BCUT2D eigenvalue weighted by Crippen LogP contribution is -2.16. The molecule has 1 heterocycles. The normalized spacial score (nSPS) is 13.8. The number of nitrogens with one attached hydrogen (secondary N) is 1. The van der Waals surface area contributed by atoms with Crippen LogP contribution in [0.15, 0.2) is 24.4 Å². The maximum absolute atomic E-state index is 12.3. The zero-order valence-electron chi connectivity index (χ0n) is 11.9. The Bertz CT molecular complexity index is 649. The number of benzene rings is 1. The highest BCUT2D eigenvalue weighted by atomic mass is 16.2. The van der Waals surface area contributed by atoms with E-state index in [1.54, 1.807) is 10.9 Å². The second kappa shape index (κ2) is 6.05. The first-order valence-electron chi connectivity index (χ1n) is 7.30. The van der Waals surface area contributed by atoms with Crippen LogP contribution in [-0.2, 0) is 19.4 Å². The van der Waals surface area contributed by atoms with Crippen LogP contribution in [-0.4, -0.2) is 27.4 Å². The number of aromatic nitrogens is 3. The number of nitrogens with two attached hydrogens (primary N) is 1. The van der Waals surface area contributed by atoms with Gasteiger partial charge in [-0.3, -0.25) is 9.48 Å². The van der Waals surface area contributed by atoms with E-state index in [1.807, 2.05) is 12.1 Å². The van der Waals surface area contributed by atoms with Crippen molar-refractivity contribution in [2.45, 2.75) is 32.2 Å². The first kappa shape index (κ1) is 13.8. The van der Waals surface area contributed by atoms with Gasteiger partial charge in [0.1, 0.15) is 0 Å². The van der Waals surface area contributed by atoms with Gasteiger partial charge in [0.2, 0.25) is 0 Å². The van der Waals surface area contributed by atoms with E-state index in [1.165, 1.54) is 24.0 Å². The summed E-state index contributed by atoms with van der Waals surface area (Å²) >= 11 is 0. The van der Waals surface area contributed by atoms with Crippen LogP contribution in [0, 0.1) is 0 Å². The van der Waals surface area contributed by atoms with Gasteiger partial charge in [0.15, 0.2) is 5.69 Å². The molecule has 1 aromatic carbocycles. The Labute approximate surface area is 123 Å². The third kappa shape index (κ3) is 2.95. The fraction of sp³-hybridized carbons (Fsp3) is 0.400. The van der Waals surface area contributed by atoms with Gasteiger partial charge in [0.05, 0.1) is 12.7 Å². The van der Waals surface area contributed by atoms with Gasteiger partial charge in [0, 0.05) is 12.2 Å². The van der Waals surface area contributed by atoms with Crippen molar-refractivity contribution in [3.05, 3.63) is 41.2 Å². The number of carbonyl (C=O) groups excluding carboxylic acids is 1. The molecule has 3 rings (SSSR count). The van der Waals surface area contributed by atoms with Crippen molar-refractivity contribution in [1.82, 2.24) is 15.0 Å². The Morgan fingerprint density at radius 3 is 3.05 bits per heavy atom. The highest BCUT2D eigenvalue weighted by Crippen LogP contribution is 2.28. The van der Waals surface area contributed by atoms with E-state index >= 15 is 0 Å². The zero-order valence-corrected chi connectivity index (χ0v) is 11.9. The molecule has 0 bridgehead atoms. The average Bonchev–Trinajstić information content (AvgIpc) is 2.97. The van der Waals surface area contributed by atoms with E-state index in [0.717, 1.165) is 18.5 Å². The Morgan fingerprint density at radius 2 is 2.19 bits per heavy atom. The highest BCUT2D eigenvalue weighted by Gasteiger charge is 2.16. The average molecular weight is 285 g/mol. The third-order valence-electron chi connectivity index (χ3n) is 3.77. The molecule has 3 N–H and O–H groups in total. The number of hydrogen-bond donors (Lipinski definition) is 2. The molecule has 0 saturated heterocycles. The topological polar surface area (TPSA) is 85.8 Å². The number of amides is 1. The second-order valence-electron chi connectivity index (χ2n) is 5.26. The van der Waals surface area contributed by atoms with Crippen LogP contribution in [0.5, 0.6) is 0 Å². The van der Waals surface area contributed by atoms with E-state index in [-0.39, 0.29) is 5.91 Å². The Kier molecular flexibility index (Phi) is 3.96. The molecule has 0 spiro atoms. The fourth-order valence-corrected chi connectivity index (χ4v) is 2.73. The maximum Gasteiger partial charge on any atom is 0.277 e. The van der Waals surface area contributed by atoms with Gasteiger partial charge in [-0.15, -0.1) is 5.10 Å². The van der Waals surface area contributed by atoms with Crippen LogP contribution < -0.4 is 11.1 Å². The van der Waals surface area contributed by atoms with Gasteiger partial charge < -0.3 is 11.1 Å². The minimum atomic E-state index is -0.225. The molecule has 1 aromatic heterocycles. The van der Waals surface area contributed by atoms with Gasteiger partial charge in [-0.2, -0.15) is 0 Å². The van der Waals surface area contributed by atoms with Crippen molar-refractivity contribution in [2.24, 2.45) is 5.73 Å². The Morgan fingerprint density at radius 1 is 1.33 bits per heavy atom. The van der Waals surface area contributed by atoms with E-state index in [9.17, 15) is 4.79 Å². The Hall–Kier alpha value is -2.21. The summed E-state index contributed by atoms with van der Waals surface area (Å²) in [6.45, 7) is 1.03. The third-order valence-corrected chi connectivity index (χ3v) is 3.77. The molecule has 6 heteroatoms. The summed E-state index contributed by atoms with van der Waals surface area (Å²) in [6.07, 6.45) is 6.12. The lowest BCUT2D eigenvalue weighted by molar-refractivity contribution is 0.102. The van der Waals surface area contributed by atoms with Crippen molar-refractivity contribution >= 4 is 11.6 Å². The van der Waals surface area contributed by atoms with Crippen LogP contribution >= 0.6 is 0 Å².